The van der Waals surface area contributed by atoms with Gasteiger partial charge in [0.25, 0.3) is 0 Å². The number of fused-ring (bicyclic) bond motifs is 4. The molecule has 0 spiro atoms. The lowest BCUT2D eigenvalue weighted by Gasteiger charge is -2.34. The highest BCUT2D eigenvalue weighted by Crippen LogP contribution is 2.46. The molecule has 41 heavy (non-hydrogen) atoms. The molecular formula is C33H38FN5O2. The minimum atomic E-state index is -0.392. The summed E-state index contributed by atoms with van der Waals surface area (Å²) in [4.78, 5) is 14.2. The maximum atomic E-state index is 16.9. The van der Waals surface area contributed by atoms with Crippen molar-refractivity contribution < 1.29 is 14.2 Å². The third-order valence-corrected chi connectivity index (χ3v) is 9.10. The summed E-state index contributed by atoms with van der Waals surface area (Å²) >= 11 is 0. The summed E-state index contributed by atoms with van der Waals surface area (Å²) in [5.74, 6) is 0.470. The standard InChI is InChI=1S/C33H38FN5O2/c1-4-20-14-27-30(29(34)28(20)26-15-24(40)13-21-7-5-6-8-25(21)26)36-32(41-19-33(11-12-33)18-38(2)3)37-31(27)39-16-22-9-10-23(17-39)35-22/h5-8,13-15,22-23,35,40H,4,9-12,16-19H2,1-3H3. The smallest absolute Gasteiger partial charge is 0.319 e. The summed E-state index contributed by atoms with van der Waals surface area (Å²) in [6.07, 6.45) is 5.13. The summed E-state index contributed by atoms with van der Waals surface area (Å²) in [5.41, 5.74) is 2.39. The van der Waals surface area contributed by atoms with Gasteiger partial charge in [0, 0.05) is 48.1 Å². The fourth-order valence-corrected chi connectivity index (χ4v) is 7.00. The molecular weight excluding hydrogens is 517 g/mol. The normalized spacial score (nSPS) is 21.2. The summed E-state index contributed by atoms with van der Waals surface area (Å²) in [6, 6.07) is 14.3. The van der Waals surface area contributed by atoms with Gasteiger partial charge in [-0.2, -0.15) is 9.97 Å². The van der Waals surface area contributed by atoms with Crippen molar-refractivity contribution in [3.05, 3.63) is 53.8 Å². The number of aromatic hydroxyl groups is 1. The molecule has 7 nitrogen and oxygen atoms in total. The zero-order valence-corrected chi connectivity index (χ0v) is 24.1. The van der Waals surface area contributed by atoms with Crippen LogP contribution in [0.3, 0.4) is 0 Å². The molecule has 2 unspecified atom stereocenters. The van der Waals surface area contributed by atoms with Gasteiger partial charge in [0.05, 0.1) is 6.61 Å². The highest BCUT2D eigenvalue weighted by atomic mass is 19.1. The molecule has 2 N–H and O–H groups in total. The molecule has 2 bridgehead atoms. The van der Waals surface area contributed by atoms with E-state index in [-0.39, 0.29) is 22.7 Å². The highest BCUT2D eigenvalue weighted by molar-refractivity contribution is 6.02. The van der Waals surface area contributed by atoms with Gasteiger partial charge in [-0.15, -0.1) is 0 Å². The molecule has 2 atom stereocenters. The Morgan fingerprint density at radius 2 is 1.83 bits per heavy atom. The number of anilines is 1. The van der Waals surface area contributed by atoms with Gasteiger partial charge in [-0.05, 0) is 86.3 Å². The largest absolute Gasteiger partial charge is 0.508 e. The second-order valence-corrected chi connectivity index (χ2v) is 12.6. The van der Waals surface area contributed by atoms with E-state index < -0.39 is 5.82 Å². The molecule has 3 aliphatic rings. The maximum absolute atomic E-state index is 16.9. The zero-order valence-electron chi connectivity index (χ0n) is 24.1. The number of phenols is 1. The number of aryl methyl sites for hydroxylation is 1. The number of nitrogens with zero attached hydrogens (tertiary/aromatic N) is 4. The molecule has 1 aliphatic carbocycles. The first-order valence-corrected chi connectivity index (χ1v) is 14.9. The molecule has 1 saturated carbocycles. The van der Waals surface area contributed by atoms with Gasteiger partial charge < -0.3 is 25.0 Å². The Kier molecular flexibility index (Phi) is 6.51. The Labute approximate surface area is 240 Å². The van der Waals surface area contributed by atoms with E-state index in [1.807, 2.05) is 31.2 Å². The topological polar surface area (TPSA) is 73.8 Å². The van der Waals surface area contributed by atoms with Crippen LogP contribution in [0, 0.1) is 11.2 Å². The first-order chi connectivity index (χ1) is 19.8. The molecule has 3 aromatic carbocycles. The zero-order chi connectivity index (χ0) is 28.3. The predicted octanol–water partition coefficient (Wildman–Crippen LogP) is 5.52. The SMILES string of the molecule is CCc1cc2c(N3CC4CCC(C3)N4)nc(OCC3(CN(C)C)CC3)nc2c(F)c1-c1cc(O)cc2ccccc12. The molecule has 2 saturated heterocycles. The number of rotatable bonds is 8. The van der Waals surface area contributed by atoms with Crippen LogP contribution in [0.2, 0.25) is 0 Å². The summed E-state index contributed by atoms with van der Waals surface area (Å²) in [7, 11) is 4.16. The van der Waals surface area contributed by atoms with Crippen molar-refractivity contribution in [2.24, 2.45) is 5.41 Å². The number of benzene rings is 3. The molecule has 0 radical (unpaired) electrons. The molecule has 4 aromatic rings. The number of phenolic OH excluding ortho intramolecular Hbond substituents is 1. The van der Waals surface area contributed by atoms with Crippen molar-refractivity contribution in [3.8, 4) is 22.9 Å². The Bertz CT molecular complexity index is 1620. The van der Waals surface area contributed by atoms with Crippen LogP contribution in [0.5, 0.6) is 11.8 Å². The van der Waals surface area contributed by atoms with Crippen LogP contribution < -0.4 is 15.0 Å². The molecule has 214 valence electrons. The maximum Gasteiger partial charge on any atom is 0.319 e. The first-order valence-electron chi connectivity index (χ1n) is 14.9. The van der Waals surface area contributed by atoms with E-state index >= 15 is 4.39 Å². The number of ether oxygens (including phenoxy) is 1. The van der Waals surface area contributed by atoms with Crippen LogP contribution in [0.25, 0.3) is 32.8 Å². The van der Waals surface area contributed by atoms with Crippen LogP contribution in [0.1, 0.15) is 38.2 Å². The second kappa shape index (κ2) is 10.1. The summed E-state index contributed by atoms with van der Waals surface area (Å²) < 4.78 is 23.2. The van der Waals surface area contributed by atoms with Gasteiger partial charge in [-0.25, -0.2) is 4.39 Å². The Balaban J connectivity index is 1.40. The molecule has 1 aromatic heterocycles. The van der Waals surface area contributed by atoms with E-state index in [0.29, 0.717) is 36.2 Å². The van der Waals surface area contributed by atoms with Crippen LogP contribution in [0.15, 0.2) is 42.5 Å². The van der Waals surface area contributed by atoms with E-state index in [4.69, 9.17) is 14.7 Å². The Morgan fingerprint density at radius 1 is 1.07 bits per heavy atom. The van der Waals surface area contributed by atoms with Crippen molar-refractivity contribution >= 4 is 27.5 Å². The highest BCUT2D eigenvalue weighted by Gasteiger charge is 2.44. The van der Waals surface area contributed by atoms with Crippen molar-refractivity contribution in [2.75, 3.05) is 45.2 Å². The van der Waals surface area contributed by atoms with Crippen LogP contribution >= 0.6 is 0 Å². The quantitative estimate of drug-likeness (QED) is 0.297. The van der Waals surface area contributed by atoms with E-state index in [2.05, 4.69) is 35.3 Å². The molecule has 7 rings (SSSR count). The number of aromatic nitrogens is 2. The lowest BCUT2D eigenvalue weighted by molar-refractivity contribution is 0.183. The third-order valence-electron chi connectivity index (χ3n) is 9.10. The van der Waals surface area contributed by atoms with E-state index in [9.17, 15) is 5.11 Å². The fraction of sp³-hybridized carbons (Fsp3) is 0.455. The lowest BCUT2D eigenvalue weighted by atomic mass is 9.91. The van der Waals surface area contributed by atoms with Crippen LogP contribution in [-0.4, -0.2) is 72.4 Å². The second-order valence-electron chi connectivity index (χ2n) is 12.6. The lowest BCUT2D eigenvalue weighted by Crippen LogP contribution is -2.51. The number of hydrogen-bond donors (Lipinski definition) is 2. The first kappa shape index (κ1) is 26.4. The monoisotopic (exact) mass is 555 g/mol. The Morgan fingerprint density at radius 3 is 2.54 bits per heavy atom. The molecule has 8 heteroatoms. The number of halogens is 1. The van der Waals surface area contributed by atoms with Gasteiger partial charge in [0.2, 0.25) is 0 Å². The van der Waals surface area contributed by atoms with Gasteiger partial charge in [0.15, 0.2) is 5.82 Å². The third kappa shape index (κ3) is 4.87. The number of piperazine rings is 1. The average Bonchev–Trinajstić information content (AvgIpc) is 3.64. The summed E-state index contributed by atoms with van der Waals surface area (Å²) in [5, 5.41) is 16.8. The number of hydrogen-bond acceptors (Lipinski definition) is 7. The predicted molar refractivity (Wildman–Crippen MR) is 161 cm³/mol. The average molecular weight is 556 g/mol. The van der Waals surface area contributed by atoms with Crippen molar-refractivity contribution in [2.45, 2.75) is 51.1 Å². The van der Waals surface area contributed by atoms with Gasteiger partial charge in [-0.1, -0.05) is 31.2 Å². The molecule has 2 aliphatic heterocycles. The van der Waals surface area contributed by atoms with Crippen LogP contribution in [0.4, 0.5) is 10.2 Å². The van der Waals surface area contributed by atoms with Crippen molar-refractivity contribution in [1.29, 1.82) is 0 Å². The number of nitrogens with one attached hydrogen (secondary N) is 1. The fourth-order valence-electron chi connectivity index (χ4n) is 7.00. The van der Waals surface area contributed by atoms with E-state index in [0.717, 1.165) is 72.9 Å². The summed E-state index contributed by atoms with van der Waals surface area (Å²) in [6.45, 7) is 5.15. The molecule has 3 heterocycles. The van der Waals surface area contributed by atoms with Gasteiger partial charge >= 0.3 is 6.01 Å². The molecule has 3 fully saturated rings. The van der Waals surface area contributed by atoms with Crippen molar-refractivity contribution in [3.63, 3.8) is 0 Å². The van der Waals surface area contributed by atoms with E-state index in [1.165, 1.54) is 0 Å². The minimum absolute atomic E-state index is 0.104. The minimum Gasteiger partial charge on any atom is -0.508 e. The molecule has 0 amide bonds. The van der Waals surface area contributed by atoms with E-state index in [1.54, 1.807) is 12.1 Å². The van der Waals surface area contributed by atoms with Crippen molar-refractivity contribution in [1.82, 2.24) is 20.2 Å². The van der Waals surface area contributed by atoms with Gasteiger partial charge in [0.1, 0.15) is 17.1 Å². The van der Waals surface area contributed by atoms with Crippen LogP contribution in [-0.2, 0) is 6.42 Å². The Hall–Kier alpha value is -3.49. The van der Waals surface area contributed by atoms with Gasteiger partial charge in [-0.3, -0.25) is 0 Å².